The Balaban J connectivity index is 2.39. The Morgan fingerprint density at radius 1 is 1.25 bits per heavy atom. The summed E-state index contributed by atoms with van der Waals surface area (Å²) in [6, 6.07) is 0. The number of hydrogen-bond donors (Lipinski definition) is 1. The van der Waals surface area contributed by atoms with Gasteiger partial charge in [-0.1, -0.05) is 36.6 Å². The topological polar surface area (TPSA) is 20.2 Å². The van der Waals surface area contributed by atoms with Crippen molar-refractivity contribution >= 4 is 0 Å². The molecule has 0 heterocycles. The summed E-state index contributed by atoms with van der Waals surface area (Å²) in [5.74, 6) is 1.50. The molecule has 0 radical (unpaired) electrons. The van der Waals surface area contributed by atoms with E-state index < -0.39 is 0 Å². The van der Waals surface area contributed by atoms with Gasteiger partial charge in [-0.25, -0.2) is 0 Å². The second-order valence-corrected chi connectivity index (χ2v) is 5.94. The zero-order valence-corrected chi connectivity index (χ0v) is 11.0. The molecule has 0 saturated carbocycles. The van der Waals surface area contributed by atoms with Crippen LogP contribution in [-0.2, 0) is 0 Å². The van der Waals surface area contributed by atoms with Gasteiger partial charge in [0.15, 0.2) is 0 Å². The van der Waals surface area contributed by atoms with Crippen molar-refractivity contribution in [2.45, 2.75) is 53.1 Å². The van der Waals surface area contributed by atoms with Gasteiger partial charge in [0.1, 0.15) is 0 Å². The Morgan fingerprint density at radius 2 is 1.94 bits per heavy atom. The van der Waals surface area contributed by atoms with Crippen LogP contribution in [-0.4, -0.2) is 11.2 Å². The molecule has 2 rings (SSSR count). The van der Waals surface area contributed by atoms with Crippen molar-refractivity contribution in [2.24, 2.45) is 17.8 Å². The average Bonchev–Trinajstić information content (AvgIpc) is 2.15. The first-order chi connectivity index (χ1) is 7.50. The largest absolute Gasteiger partial charge is 0.392 e. The Bertz CT molecular complexity index is 335. The molecule has 0 amide bonds. The summed E-state index contributed by atoms with van der Waals surface area (Å²) >= 11 is 0. The highest BCUT2D eigenvalue weighted by molar-refractivity contribution is 5.31. The fourth-order valence-electron chi connectivity index (χ4n) is 3.51. The first-order valence-corrected chi connectivity index (χ1v) is 6.54. The molecule has 0 aromatic carbocycles. The normalized spacial score (nSPS) is 35.1. The molecule has 0 spiro atoms. The van der Waals surface area contributed by atoms with E-state index in [2.05, 4.69) is 33.8 Å². The van der Waals surface area contributed by atoms with Crippen molar-refractivity contribution in [1.29, 1.82) is 0 Å². The van der Waals surface area contributed by atoms with Crippen molar-refractivity contribution in [2.75, 3.05) is 0 Å². The van der Waals surface area contributed by atoms with Gasteiger partial charge >= 0.3 is 0 Å². The third-order valence-electron chi connectivity index (χ3n) is 4.35. The van der Waals surface area contributed by atoms with E-state index in [1.54, 1.807) is 5.57 Å². The van der Waals surface area contributed by atoms with Gasteiger partial charge in [0.25, 0.3) is 0 Å². The zero-order chi connectivity index (χ0) is 11.9. The molecule has 0 fully saturated rings. The molecule has 1 nitrogen and oxygen atoms in total. The third-order valence-corrected chi connectivity index (χ3v) is 4.35. The van der Waals surface area contributed by atoms with Crippen molar-refractivity contribution in [1.82, 2.24) is 0 Å². The second kappa shape index (κ2) is 4.37. The number of hydrogen-bond acceptors (Lipinski definition) is 1. The summed E-state index contributed by atoms with van der Waals surface area (Å²) < 4.78 is 0. The minimum absolute atomic E-state index is 0.143. The van der Waals surface area contributed by atoms with Crippen LogP contribution in [0.1, 0.15) is 47.0 Å². The van der Waals surface area contributed by atoms with E-state index in [1.165, 1.54) is 24.0 Å². The lowest BCUT2D eigenvalue weighted by molar-refractivity contribution is 0.0531. The summed E-state index contributed by atoms with van der Waals surface area (Å²) in [5.41, 5.74) is 4.56. The fourth-order valence-corrected chi connectivity index (χ4v) is 3.51. The van der Waals surface area contributed by atoms with Crippen LogP contribution in [0, 0.1) is 17.8 Å². The van der Waals surface area contributed by atoms with E-state index in [-0.39, 0.29) is 6.10 Å². The van der Waals surface area contributed by atoms with E-state index >= 15 is 0 Å². The molecule has 0 saturated heterocycles. The maximum atomic E-state index is 10.3. The van der Waals surface area contributed by atoms with Crippen molar-refractivity contribution in [3.05, 3.63) is 22.8 Å². The molecule has 3 atom stereocenters. The standard InChI is InChI=1S/C15H24O/c1-9(2)15-13-7-10(3)5-6-12(13)11(4)8-14(15)16/h7,9,13-16H,5-6,8H2,1-4H3/t13?,14?,15-/m0/s1. The Kier molecular flexibility index (Phi) is 3.25. The highest BCUT2D eigenvalue weighted by Crippen LogP contribution is 2.44. The van der Waals surface area contributed by atoms with Gasteiger partial charge in [-0.2, -0.15) is 0 Å². The molecule has 2 unspecified atom stereocenters. The van der Waals surface area contributed by atoms with Gasteiger partial charge < -0.3 is 5.11 Å². The minimum atomic E-state index is -0.143. The molecule has 0 aliphatic heterocycles. The summed E-state index contributed by atoms with van der Waals surface area (Å²) in [6.45, 7) is 8.91. The number of fused-ring (bicyclic) bond motifs is 1. The molecular weight excluding hydrogens is 196 g/mol. The maximum Gasteiger partial charge on any atom is 0.0616 e. The van der Waals surface area contributed by atoms with E-state index in [0.717, 1.165) is 6.42 Å². The van der Waals surface area contributed by atoms with E-state index in [4.69, 9.17) is 0 Å². The van der Waals surface area contributed by atoms with E-state index in [9.17, 15) is 5.11 Å². The molecule has 1 heteroatoms. The first kappa shape index (κ1) is 11.9. The molecule has 2 aliphatic carbocycles. The SMILES string of the molecule is CC1=CC2C(=C(C)CC(O)[C@H]2C(C)C)CC1. The number of allylic oxidation sites excluding steroid dienone is 3. The molecule has 1 N–H and O–H groups in total. The maximum absolute atomic E-state index is 10.3. The van der Waals surface area contributed by atoms with Gasteiger partial charge in [0.05, 0.1) is 6.10 Å². The van der Waals surface area contributed by atoms with E-state index in [1.807, 2.05) is 0 Å². The van der Waals surface area contributed by atoms with Crippen LogP contribution in [0.4, 0.5) is 0 Å². The Morgan fingerprint density at radius 3 is 2.56 bits per heavy atom. The molecule has 0 bridgehead atoms. The number of aliphatic hydroxyl groups is 1. The van der Waals surface area contributed by atoms with Gasteiger partial charge in [0.2, 0.25) is 0 Å². The number of rotatable bonds is 1. The van der Waals surface area contributed by atoms with Crippen LogP contribution in [0.3, 0.4) is 0 Å². The summed E-state index contributed by atoms with van der Waals surface area (Å²) in [6.07, 6.45) is 5.59. The van der Waals surface area contributed by atoms with Crippen molar-refractivity contribution in [3.8, 4) is 0 Å². The third kappa shape index (κ3) is 1.98. The lowest BCUT2D eigenvalue weighted by atomic mass is 9.65. The van der Waals surface area contributed by atoms with Gasteiger partial charge in [-0.3, -0.25) is 0 Å². The summed E-state index contributed by atoms with van der Waals surface area (Å²) in [7, 11) is 0. The van der Waals surface area contributed by atoms with Crippen LogP contribution < -0.4 is 0 Å². The Labute approximate surface area is 99.3 Å². The summed E-state index contributed by atoms with van der Waals surface area (Å²) in [5, 5.41) is 10.3. The molecule has 2 aliphatic rings. The molecule has 16 heavy (non-hydrogen) atoms. The van der Waals surface area contributed by atoms with Crippen LogP contribution in [0.15, 0.2) is 22.8 Å². The Hall–Kier alpha value is -0.560. The molecule has 0 aromatic rings. The second-order valence-electron chi connectivity index (χ2n) is 5.94. The average molecular weight is 220 g/mol. The highest BCUT2D eigenvalue weighted by atomic mass is 16.3. The predicted octanol–water partition coefficient (Wildman–Crippen LogP) is 3.70. The van der Waals surface area contributed by atoms with E-state index in [0.29, 0.717) is 17.8 Å². The molecule has 90 valence electrons. The number of aliphatic hydroxyl groups excluding tert-OH is 1. The molecular formula is C15H24O. The van der Waals surface area contributed by atoms with Gasteiger partial charge in [0, 0.05) is 5.92 Å². The highest BCUT2D eigenvalue weighted by Gasteiger charge is 2.37. The smallest absolute Gasteiger partial charge is 0.0616 e. The summed E-state index contributed by atoms with van der Waals surface area (Å²) in [4.78, 5) is 0. The van der Waals surface area contributed by atoms with Gasteiger partial charge in [-0.15, -0.1) is 0 Å². The monoisotopic (exact) mass is 220 g/mol. The predicted molar refractivity (Wildman–Crippen MR) is 68.1 cm³/mol. The first-order valence-electron chi connectivity index (χ1n) is 6.54. The van der Waals surface area contributed by atoms with Crippen LogP contribution in [0.5, 0.6) is 0 Å². The lowest BCUT2D eigenvalue weighted by Gasteiger charge is -2.41. The van der Waals surface area contributed by atoms with Crippen LogP contribution >= 0.6 is 0 Å². The van der Waals surface area contributed by atoms with Crippen molar-refractivity contribution in [3.63, 3.8) is 0 Å². The van der Waals surface area contributed by atoms with Crippen molar-refractivity contribution < 1.29 is 5.11 Å². The fraction of sp³-hybridized carbons (Fsp3) is 0.733. The minimum Gasteiger partial charge on any atom is -0.392 e. The lowest BCUT2D eigenvalue weighted by Crippen LogP contribution is -2.37. The molecule has 0 aromatic heterocycles. The van der Waals surface area contributed by atoms with Gasteiger partial charge in [-0.05, 0) is 44.9 Å². The zero-order valence-electron chi connectivity index (χ0n) is 11.0. The van der Waals surface area contributed by atoms with Crippen LogP contribution in [0.2, 0.25) is 0 Å². The van der Waals surface area contributed by atoms with Crippen LogP contribution in [0.25, 0.3) is 0 Å². The quantitative estimate of drug-likeness (QED) is 0.668.